The molecule has 3 rings (SSSR count). The minimum absolute atomic E-state index is 0. The number of aliphatic hydroxyl groups excluding tert-OH is 1. The number of aliphatic hydroxyl groups is 2. The summed E-state index contributed by atoms with van der Waals surface area (Å²) in [4.78, 5) is 25.5. The summed E-state index contributed by atoms with van der Waals surface area (Å²) in [7, 11) is 0. The molecule has 238 valence electrons. The van der Waals surface area contributed by atoms with Crippen LogP contribution in [0.5, 0.6) is 5.75 Å². The van der Waals surface area contributed by atoms with E-state index in [1.807, 2.05) is 27.7 Å². The molecule has 0 aromatic heterocycles. The summed E-state index contributed by atoms with van der Waals surface area (Å²) in [6.07, 6.45) is 3.21. The Hall–Kier alpha value is -1.00. The minimum Gasteiger partial charge on any atom is -0.545 e. The van der Waals surface area contributed by atoms with Crippen LogP contribution in [0.3, 0.4) is 0 Å². The van der Waals surface area contributed by atoms with Gasteiger partial charge in [0.15, 0.2) is 0 Å². The maximum absolute atomic E-state index is 13.9. The van der Waals surface area contributed by atoms with Crippen molar-refractivity contribution in [1.29, 1.82) is 0 Å². The van der Waals surface area contributed by atoms with Gasteiger partial charge in [0, 0.05) is 17.4 Å². The van der Waals surface area contributed by atoms with Crippen molar-refractivity contribution in [3.63, 3.8) is 0 Å². The quantitative estimate of drug-likeness (QED) is 0.285. The number of aromatic carboxylic acids is 1. The number of rotatable bonds is 13. The number of phenols is 1. The van der Waals surface area contributed by atoms with Gasteiger partial charge in [-0.3, -0.25) is 4.79 Å². The van der Waals surface area contributed by atoms with Crippen molar-refractivity contribution >= 4 is 11.8 Å². The normalized spacial score (nSPS) is 32.0. The molecule has 2 aliphatic rings. The topological polar surface area (TPSA) is 136 Å². The second-order valence-corrected chi connectivity index (χ2v) is 13.2. The maximum atomic E-state index is 13.9. The maximum Gasteiger partial charge on any atom is 1.00 e. The van der Waals surface area contributed by atoms with Crippen LogP contribution < -0.4 is 34.7 Å². The average Bonchev–Trinajstić information content (AvgIpc) is 3.31. The molecule has 2 fully saturated rings. The number of carboxylic acids is 1. The number of carbonyl (C=O) groups is 2. The van der Waals surface area contributed by atoms with E-state index >= 15 is 0 Å². The number of carbonyl (C=O) groups excluding carboxylic acids is 2. The van der Waals surface area contributed by atoms with E-state index in [0.29, 0.717) is 49.7 Å². The molecule has 10 atom stereocenters. The number of Topliss-reactive ketones (excluding diaryl/α,β-unsaturated/α-hetero) is 1. The number of aryl methyl sites for hydroxylation is 2. The first kappa shape index (κ1) is 38.2. The van der Waals surface area contributed by atoms with Gasteiger partial charge in [0.25, 0.3) is 0 Å². The first-order valence-corrected chi connectivity index (χ1v) is 16.0. The van der Waals surface area contributed by atoms with Gasteiger partial charge in [0.05, 0.1) is 41.6 Å². The molecule has 0 bridgehead atoms. The third-order valence-corrected chi connectivity index (χ3v) is 10.6. The fourth-order valence-electron chi connectivity index (χ4n) is 7.44. The molecule has 2 aliphatic heterocycles. The number of carboxylic acid groups (broad SMARTS) is 1. The van der Waals surface area contributed by atoms with E-state index in [1.165, 1.54) is 0 Å². The molecule has 3 N–H and O–H groups in total. The van der Waals surface area contributed by atoms with E-state index in [1.54, 1.807) is 26.0 Å². The second kappa shape index (κ2) is 15.5. The molecule has 0 amide bonds. The Balaban J connectivity index is 0.00000645. The van der Waals surface area contributed by atoms with Gasteiger partial charge >= 0.3 is 29.6 Å². The average molecular weight is 613 g/mol. The molecular weight excluding hydrogens is 559 g/mol. The third kappa shape index (κ3) is 7.87. The molecule has 2 heterocycles. The zero-order chi connectivity index (χ0) is 31.6. The van der Waals surface area contributed by atoms with Gasteiger partial charge in [-0.05, 0) is 88.2 Å². The van der Waals surface area contributed by atoms with Crippen molar-refractivity contribution in [1.82, 2.24) is 0 Å². The molecule has 43 heavy (non-hydrogen) atoms. The Morgan fingerprint density at radius 1 is 1.14 bits per heavy atom. The molecule has 0 unspecified atom stereocenters. The Labute approximate surface area is 280 Å². The molecule has 0 spiro atoms. The zero-order valence-corrected chi connectivity index (χ0v) is 29.8. The summed E-state index contributed by atoms with van der Waals surface area (Å²) in [5.41, 5.74) is -0.659. The van der Waals surface area contributed by atoms with Crippen LogP contribution in [0.1, 0.15) is 115 Å². The Morgan fingerprint density at radius 3 is 2.33 bits per heavy atom. The van der Waals surface area contributed by atoms with Crippen molar-refractivity contribution in [2.45, 2.75) is 142 Å². The molecule has 0 saturated carbocycles. The summed E-state index contributed by atoms with van der Waals surface area (Å²) in [5, 5.41) is 44.1. The van der Waals surface area contributed by atoms with Gasteiger partial charge in [-0.2, -0.15) is 0 Å². The van der Waals surface area contributed by atoms with Crippen molar-refractivity contribution in [3.8, 4) is 5.75 Å². The molecule has 2 saturated heterocycles. The van der Waals surface area contributed by atoms with Gasteiger partial charge in [-0.15, -0.1) is 0 Å². The number of aromatic hydroxyl groups is 1. The predicted octanol–water partition coefficient (Wildman–Crippen LogP) is 1.51. The van der Waals surface area contributed by atoms with Crippen LogP contribution >= 0.6 is 0 Å². The number of ketones is 1. The fraction of sp³-hybridized carbons (Fsp3) is 0.765. The van der Waals surface area contributed by atoms with Gasteiger partial charge in [-0.1, -0.05) is 53.7 Å². The molecule has 1 aromatic rings. The van der Waals surface area contributed by atoms with Crippen LogP contribution in [0.4, 0.5) is 0 Å². The number of ether oxygens (including phenoxy) is 2. The van der Waals surface area contributed by atoms with E-state index < -0.39 is 29.2 Å². The smallest absolute Gasteiger partial charge is 0.545 e. The van der Waals surface area contributed by atoms with Gasteiger partial charge in [-0.25, -0.2) is 0 Å². The third-order valence-electron chi connectivity index (χ3n) is 10.6. The van der Waals surface area contributed by atoms with E-state index in [0.717, 1.165) is 12.8 Å². The molecule has 0 aliphatic carbocycles. The number of benzene rings is 1. The van der Waals surface area contributed by atoms with Gasteiger partial charge in [0.1, 0.15) is 11.5 Å². The van der Waals surface area contributed by atoms with Crippen LogP contribution in [-0.4, -0.2) is 62.7 Å². The summed E-state index contributed by atoms with van der Waals surface area (Å²) in [6, 6.07) is 3.33. The van der Waals surface area contributed by atoms with Crippen molar-refractivity contribution in [2.24, 2.45) is 23.7 Å². The Morgan fingerprint density at radius 2 is 1.79 bits per heavy atom. The molecule has 0 radical (unpaired) electrons. The van der Waals surface area contributed by atoms with Crippen molar-refractivity contribution in [3.05, 3.63) is 28.8 Å². The largest absolute Gasteiger partial charge is 1.00 e. The van der Waals surface area contributed by atoms with Crippen molar-refractivity contribution < 1.29 is 69.0 Å². The standard InChI is InChI=1S/C34H54O8.Na/c1-9-25(31-21(6)18-34(11-3,42-31)26-16-17-33(40,10-2)23(8)41-26)30(37)22(7)28(35)19(4)12-14-24-15-13-20(5)29(36)27(24)32(38)39;/h13,15,19,21-23,25-26,28,31,35-36,40H,9-12,14,16-18H2,1-8H3,(H,38,39);/q;+1/p-1/t19-,21-,22-,23+,25+,26+,28-,31+,33+,34+;/m1./s1. The first-order valence-electron chi connectivity index (χ1n) is 16.0. The van der Waals surface area contributed by atoms with Gasteiger partial charge in [0.2, 0.25) is 0 Å². The first-order chi connectivity index (χ1) is 19.7. The van der Waals surface area contributed by atoms with E-state index in [4.69, 9.17) is 9.47 Å². The van der Waals surface area contributed by atoms with E-state index in [9.17, 15) is 30.0 Å². The molecule has 8 nitrogen and oxygen atoms in total. The Kier molecular flexibility index (Phi) is 13.8. The molecule has 9 heteroatoms. The molecular formula is C34H53NaO8. The monoisotopic (exact) mass is 612 g/mol. The predicted molar refractivity (Wildman–Crippen MR) is 159 cm³/mol. The van der Waals surface area contributed by atoms with Crippen molar-refractivity contribution in [2.75, 3.05) is 0 Å². The molecule has 1 aromatic carbocycles. The fourth-order valence-corrected chi connectivity index (χ4v) is 7.44. The minimum atomic E-state index is -1.43. The van der Waals surface area contributed by atoms with Crippen LogP contribution in [0.25, 0.3) is 0 Å². The second-order valence-electron chi connectivity index (χ2n) is 13.2. The summed E-state index contributed by atoms with van der Waals surface area (Å²) in [5.74, 6) is -2.92. The number of hydrogen-bond acceptors (Lipinski definition) is 8. The van der Waals surface area contributed by atoms with E-state index in [2.05, 4.69) is 13.8 Å². The Bertz CT molecular complexity index is 1110. The summed E-state index contributed by atoms with van der Waals surface area (Å²) in [6.45, 7) is 15.4. The van der Waals surface area contributed by atoms with Gasteiger partial charge < -0.3 is 34.7 Å². The van der Waals surface area contributed by atoms with Crippen LogP contribution in [-0.2, 0) is 20.7 Å². The zero-order valence-electron chi connectivity index (χ0n) is 27.8. The van der Waals surface area contributed by atoms with Crippen LogP contribution in [0.15, 0.2) is 12.1 Å². The summed E-state index contributed by atoms with van der Waals surface area (Å²) < 4.78 is 13.2. The van der Waals surface area contributed by atoms with Crippen LogP contribution in [0.2, 0.25) is 0 Å². The SMILES string of the molecule is CC[C@@H](C(=O)[C@H](C)[C@H](O)[C@H](C)CCc1ccc(C)c(O)c1C(=O)[O-])[C@H]1O[C@](CC)([C@@H]2CC[C@@](O)(CC)[C@H](C)O2)C[C@H]1C.[Na+]. The summed E-state index contributed by atoms with van der Waals surface area (Å²) >= 11 is 0. The van der Waals surface area contributed by atoms with Crippen LogP contribution in [0, 0.1) is 30.6 Å². The van der Waals surface area contributed by atoms with E-state index in [-0.39, 0.29) is 82.7 Å². The number of hydrogen-bond donors (Lipinski definition) is 3.